The minimum absolute atomic E-state index is 0.308. The van der Waals surface area contributed by atoms with E-state index >= 15 is 0 Å². The first-order chi connectivity index (χ1) is 5.66. The molecule has 2 N–H and O–H groups in total. The molecule has 3 nitrogen and oxygen atoms in total. The molecule has 0 unspecified atom stereocenters. The molecular formula is C8H7FN2O. The van der Waals surface area contributed by atoms with Crippen LogP contribution in [0.1, 0.15) is 5.56 Å². The molecule has 1 aromatic heterocycles. The van der Waals surface area contributed by atoms with E-state index in [1.807, 2.05) is 0 Å². The molecule has 1 heterocycles. The van der Waals surface area contributed by atoms with Crippen molar-refractivity contribution >= 4 is 11.0 Å². The number of nitrogens with one attached hydrogen (secondary N) is 2. The maximum Gasteiger partial charge on any atom is 0.323 e. The number of aromatic amines is 2. The average molecular weight is 166 g/mol. The third-order valence-electron chi connectivity index (χ3n) is 1.80. The van der Waals surface area contributed by atoms with Crippen LogP contribution >= 0.6 is 0 Å². The van der Waals surface area contributed by atoms with Crippen molar-refractivity contribution in [2.24, 2.45) is 0 Å². The zero-order valence-electron chi connectivity index (χ0n) is 6.44. The molecule has 0 atom stereocenters. The molecule has 0 bridgehead atoms. The van der Waals surface area contributed by atoms with Gasteiger partial charge in [0.15, 0.2) is 0 Å². The van der Waals surface area contributed by atoms with Gasteiger partial charge in [-0.25, -0.2) is 9.18 Å². The van der Waals surface area contributed by atoms with Crippen LogP contribution in [0.25, 0.3) is 11.0 Å². The Hall–Kier alpha value is -1.58. The summed E-state index contributed by atoms with van der Waals surface area (Å²) in [5, 5.41) is 0. The largest absolute Gasteiger partial charge is 0.323 e. The first-order valence-corrected chi connectivity index (χ1v) is 3.55. The van der Waals surface area contributed by atoms with Crippen molar-refractivity contribution in [1.82, 2.24) is 9.97 Å². The van der Waals surface area contributed by atoms with E-state index in [-0.39, 0.29) is 11.5 Å². The van der Waals surface area contributed by atoms with Crippen molar-refractivity contribution in [3.05, 3.63) is 34.0 Å². The maximum atomic E-state index is 12.9. The Labute approximate surface area is 67.2 Å². The molecule has 0 radical (unpaired) electrons. The third-order valence-corrected chi connectivity index (χ3v) is 1.80. The lowest BCUT2D eigenvalue weighted by Gasteiger charge is -1.94. The molecule has 2 aromatic rings. The molecule has 62 valence electrons. The Morgan fingerprint density at radius 1 is 1.25 bits per heavy atom. The highest BCUT2D eigenvalue weighted by atomic mass is 19.1. The molecule has 0 spiro atoms. The molecule has 12 heavy (non-hydrogen) atoms. The van der Waals surface area contributed by atoms with E-state index in [1.54, 1.807) is 13.0 Å². The molecule has 0 aliphatic carbocycles. The standard InChI is InChI=1S/C8H7FN2O/c1-4-2-6-7(3-5(4)9)11-8(12)10-6/h2-3H,1H3,(H2,10,11,12). The number of hydrogen-bond acceptors (Lipinski definition) is 1. The van der Waals surface area contributed by atoms with Crippen LogP contribution < -0.4 is 5.69 Å². The van der Waals surface area contributed by atoms with Gasteiger partial charge in [-0.1, -0.05) is 0 Å². The summed E-state index contributed by atoms with van der Waals surface area (Å²) in [6.45, 7) is 1.65. The molecule has 0 saturated heterocycles. The van der Waals surface area contributed by atoms with Crippen molar-refractivity contribution in [3.8, 4) is 0 Å². The van der Waals surface area contributed by atoms with Gasteiger partial charge in [0, 0.05) is 0 Å². The molecule has 0 fully saturated rings. The molecule has 0 aliphatic rings. The lowest BCUT2D eigenvalue weighted by Crippen LogP contribution is -1.99. The summed E-state index contributed by atoms with van der Waals surface area (Å²) in [5.41, 5.74) is 1.36. The maximum absolute atomic E-state index is 12.9. The van der Waals surface area contributed by atoms with Gasteiger partial charge in [0.05, 0.1) is 11.0 Å². The van der Waals surface area contributed by atoms with Crippen LogP contribution in [0.15, 0.2) is 16.9 Å². The van der Waals surface area contributed by atoms with Gasteiger partial charge in [0.25, 0.3) is 0 Å². The minimum atomic E-state index is -0.310. The predicted octanol–water partition coefficient (Wildman–Crippen LogP) is 1.30. The van der Waals surface area contributed by atoms with Crippen LogP contribution in [0.3, 0.4) is 0 Å². The van der Waals surface area contributed by atoms with Gasteiger partial charge < -0.3 is 9.97 Å². The number of benzene rings is 1. The average Bonchev–Trinajstić information content (AvgIpc) is 2.30. The van der Waals surface area contributed by atoms with E-state index in [1.165, 1.54) is 6.07 Å². The van der Waals surface area contributed by atoms with Crippen molar-refractivity contribution in [2.45, 2.75) is 6.92 Å². The van der Waals surface area contributed by atoms with Gasteiger partial charge >= 0.3 is 5.69 Å². The van der Waals surface area contributed by atoms with Crippen LogP contribution in [0.5, 0.6) is 0 Å². The summed E-state index contributed by atoms with van der Waals surface area (Å²) in [7, 11) is 0. The van der Waals surface area contributed by atoms with E-state index < -0.39 is 0 Å². The van der Waals surface area contributed by atoms with Crippen LogP contribution in [0.2, 0.25) is 0 Å². The molecular weight excluding hydrogens is 159 g/mol. The smallest absolute Gasteiger partial charge is 0.306 e. The second-order valence-electron chi connectivity index (χ2n) is 2.73. The fourth-order valence-corrected chi connectivity index (χ4v) is 1.16. The van der Waals surface area contributed by atoms with Gasteiger partial charge in [-0.05, 0) is 24.6 Å². The highest BCUT2D eigenvalue weighted by molar-refractivity contribution is 5.75. The van der Waals surface area contributed by atoms with Crippen LogP contribution in [0.4, 0.5) is 4.39 Å². The number of rotatable bonds is 0. The third kappa shape index (κ3) is 0.922. The van der Waals surface area contributed by atoms with E-state index in [9.17, 15) is 9.18 Å². The zero-order chi connectivity index (χ0) is 8.72. The SMILES string of the molecule is Cc1cc2[nH]c(=O)[nH]c2cc1F. The lowest BCUT2D eigenvalue weighted by molar-refractivity contribution is 0.620. The van der Waals surface area contributed by atoms with Crippen LogP contribution in [-0.4, -0.2) is 9.97 Å². The summed E-state index contributed by atoms with van der Waals surface area (Å²) in [6, 6.07) is 2.91. The Bertz CT molecular complexity index is 441. The van der Waals surface area contributed by atoms with E-state index in [0.29, 0.717) is 16.6 Å². The highest BCUT2D eigenvalue weighted by Gasteiger charge is 2.02. The summed E-state index contributed by atoms with van der Waals surface area (Å²) < 4.78 is 12.9. The van der Waals surface area contributed by atoms with E-state index in [0.717, 1.165) is 0 Å². The van der Waals surface area contributed by atoms with Gasteiger partial charge in [-0.2, -0.15) is 0 Å². The number of imidazole rings is 1. The fourth-order valence-electron chi connectivity index (χ4n) is 1.16. The summed E-state index contributed by atoms with van der Waals surface area (Å²) in [6.07, 6.45) is 0. The predicted molar refractivity (Wildman–Crippen MR) is 43.6 cm³/mol. The zero-order valence-corrected chi connectivity index (χ0v) is 6.44. The van der Waals surface area contributed by atoms with Crippen LogP contribution in [-0.2, 0) is 0 Å². The topological polar surface area (TPSA) is 48.6 Å². The lowest BCUT2D eigenvalue weighted by atomic mass is 10.2. The molecule has 0 aliphatic heterocycles. The second-order valence-corrected chi connectivity index (χ2v) is 2.73. The monoisotopic (exact) mass is 166 g/mol. The van der Waals surface area contributed by atoms with Gasteiger partial charge in [-0.3, -0.25) is 0 Å². The first kappa shape index (κ1) is 7.09. The van der Waals surface area contributed by atoms with Crippen molar-refractivity contribution in [3.63, 3.8) is 0 Å². The number of H-pyrrole nitrogens is 2. The van der Waals surface area contributed by atoms with Gasteiger partial charge in [-0.15, -0.1) is 0 Å². The Morgan fingerprint density at radius 2 is 1.83 bits per heavy atom. The first-order valence-electron chi connectivity index (χ1n) is 3.55. The van der Waals surface area contributed by atoms with E-state index in [2.05, 4.69) is 9.97 Å². The van der Waals surface area contributed by atoms with Crippen molar-refractivity contribution < 1.29 is 4.39 Å². The number of fused-ring (bicyclic) bond motifs is 1. The van der Waals surface area contributed by atoms with Crippen molar-refractivity contribution in [1.29, 1.82) is 0 Å². The Kier molecular flexibility index (Phi) is 1.30. The fraction of sp³-hybridized carbons (Fsp3) is 0.125. The number of aryl methyl sites for hydroxylation is 1. The normalized spacial score (nSPS) is 10.8. The quantitative estimate of drug-likeness (QED) is 0.609. The summed E-state index contributed by atoms with van der Waals surface area (Å²) >= 11 is 0. The number of aromatic nitrogens is 2. The highest BCUT2D eigenvalue weighted by Crippen LogP contribution is 2.13. The summed E-state index contributed by atoms with van der Waals surface area (Å²) in [4.78, 5) is 15.8. The molecule has 0 amide bonds. The van der Waals surface area contributed by atoms with Crippen molar-refractivity contribution in [2.75, 3.05) is 0 Å². The number of hydrogen-bond donors (Lipinski definition) is 2. The molecule has 0 saturated carbocycles. The second kappa shape index (κ2) is 2.20. The molecule has 1 aromatic carbocycles. The Morgan fingerprint density at radius 3 is 2.50 bits per heavy atom. The minimum Gasteiger partial charge on any atom is -0.306 e. The van der Waals surface area contributed by atoms with Gasteiger partial charge in [0.2, 0.25) is 0 Å². The van der Waals surface area contributed by atoms with Crippen LogP contribution in [0, 0.1) is 12.7 Å². The molecule has 2 rings (SSSR count). The van der Waals surface area contributed by atoms with Gasteiger partial charge in [0.1, 0.15) is 5.82 Å². The molecule has 4 heteroatoms. The Balaban J connectivity index is 2.92. The summed E-state index contributed by atoms with van der Waals surface area (Å²) in [5.74, 6) is -0.308. The number of halogens is 1. The van der Waals surface area contributed by atoms with E-state index in [4.69, 9.17) is 0 Å².